The van der Waals surface area contributed by atoms with Crippen molar-refractivity contribution in [3.05, 3.63) is 66.2 Å². The summed E-state index contributed by atoms with van der Waals surface area (Å²) in [5.74, 6) is 0.735. The van der Waals surface area contributed by atoms with Crippen LogP contribution in [0.4, 0.5) is 0 Å². The summed E-state index contributed by atoms with van der Waals surface area (Å²) < 4.78 is 5.29. The van der Waals surface area contributed by atoms with Crippen molar-refractivity contribution < 1.29 is 9.53 Å². The molecule has 1 amide bonds. The van der Waals surface area contributed by atoms with Crippen LogP contribution in [0.25, 0.3) is 0 Å². The fourth-order valence-corrected chi connectivity index (χ4v) is 2.76. The molecule has 0 heterocycles. The van der Waals surface area contributed by atoms with Crippen LogP contribution in [-0.4, -0.2) is 25.3 Å². The van der Waals surface area contributed by atoms with Gasteiger partial charge in [0.2, 0.25) is 0 Å². The first-order valence-electron chi connectivity index (χ1n) is 6.84. The molecule has 0 bridgehead atoms. The van der Waals surface area contributed by atoms with Crippen LogP contribution in [0.5, 0.6) is 0 Å². The second kappa shape index (κ2) is 8.49. The van der Waals surface area contributed by atoms with Gasteiger partial charge in [0.15, 0.2) is 6.10 Å². The Hall–Kier alpha value is -1.78. The molecule has 0 aromatic heterocycles. The number of hydrogen-bond donors (Lipinski definition) is 1. The molecule has 0 fully saturated rings. The summed E-state index contributed by atoms with van der Waals surface area (Å²) in [6.45, 7) is 0.616. The van der Waals surface area contributed by atoms with Crippen molar-refractivity contribution in [3.63, 3.8) is 0 Å². The second-order valence-electron chi connectivity index (χ2n) is 4.48. The summed E-state index contributed by atoms with van der Waals surface area (Å²) in [5, 5.41) is 2.92. The number of thioether (sulfide) groups is 1. The van der Waals surface area contributed by atoms with Crippen molar-refractivity contribution in [2.75, 3.05) is 19.4 Å². The lowest BCUT2D eigenvalue weighted by Crippen LogP contribution is -2.32. The molecule has 1 N–H and O–H groups in total. The standard InChI is InChI=1S/C17H19NO2S/c1-20-16(14-8-4-2-5-9-14)17(19)18-12-13-21-15-10-6-3-7-11-15/h2-11,16H,12-13H2,1H3,(H,18,19)/t16-/m1/s1. The van der Waals surface area contributed by atoms with Gasteiger partial charge in [-0.05, 0) is 17.7 Å². The minimum absolute atomic E-state index is 0.0997. The van der Waals surface area contributed by atoms with Gasteiger partial charge in [-0.25, -0.2) is 0 Å². The minimum atomic E-state index is -0.548. The minimum Gasteiger partial charge on any atom is -0.367 e. The molecule has 0 aliphatic heterocycles. The Morgan fingerprint density at radius 3 is 2.33 bits per heavy atom. The van der Waals surface area contributed by atoms with Gasteiger partial charge in [0.25, 0.3) is 5.91 Å². The monoisotopic (exact) mass is 301 g/mol. The number of hydrogen-bond acceptors (Lipinski definition) is 3. The van der Waals surface area contributed by atoms with Crippen molar-refractivity contribution in [2.45, 2.75) is 11.0 Å². The van der Waals surface area contributed by atoms with Gasteiger partial charge >= 0.3 is 0 Å². The summed E-state index contributed by atoms with van der Waals surface area (Å²) in [4.78, 5) is 13.3. The molecule has 0 unspecified atom stereocenters. The van der Waals surface area contributed by atoms with Gasteiger partial charge < -0.3 is 10.1 Å². The molecule has 21 heavy (non-hydrogen) atoms. The van der Waals surface area contributed by atoms with E-state index in [4.69, 9.17) is 4.74 Å². The SMILES string of the molecule is CO[C@@H](C(=O)NCCSc1ccccc1)c1ccccc1. The number of carbonyl (C=O) groups excluding carboxylic acids is 1. The molecule has 2 rings (SSSR count). The molecule has 3 nitrogen and oxygen atoms in total. The second-order valence-corrected chi connectivity index (χ2v) is 5.65. The summed E-state index contributed by atoms with van der Waals surface area (Å²) in [6.07, 6.45) is -0.548. The topological polar surface area (TPSA) is 38.3 Å². The van der Waals surface area contributed by atoms with Crippen molar-refractivity contribution in [1.29, 1.82) is 0 Å². The van der Waals surface area contributed by atoms with E-state index >= 15 is 0 Å². The molecule has 0 aliphatic rings. The molecule has 1 atom stereocenters. The predicted molar refractivity (Wildman–Crippen MR) is 86.4 cm³/mol. The Balaban J connectivity index is 1.78. The Morgan fingerprint density at radius 1 is 1.10 bits per heavy atom. The van der Waals surface area contributed by atoms with E-state index in [0.29, 0.717) is 6.54 Å². The summed E-state index contributed by atoms with van der Waals surface area (Å²) in [5.41, 5.74) is 0.869. The molecule has 2 aromatic rings. The highest BCUT2D eigenvalue weighted by atomic mass is 32.2. The van der Waals surface area contributed by atoms with Gasteiger partial charge in [0, 0.05) is 24.3 Å². The number of amides is 1. The lowest BCUT2D eigenvalue weighted by molar-refractivity contribution is -0.131. The molecular weight excluding hydrogens is 282 g/mol. The van der Waals surface area contributed by atoms with Crippen LogP contribution in [0.1, 0.15) is 11.7 Å². The van der Waals surface area contributed by atoms with E-state index in [2.05, 4.69) is 17.4 Å². The van der Waals surface area contributed by atoms with Gasteiger partial charge in [-0.15, -0.1) is 11.8 Å². The van der Waals surface area contributed by atoms with E-state index in [-0.39, 0.29) is 5.91 Å². The number of nitrogens with one attached hydrogen (secondary N) is 1. The number of rotatable bonds is 7. The lowest BCUT2D eigenvalue weighted by atomic mass is 10.1. The van der Waals surface area contributed by atoms with Gasteiger partial charge in [-0.3, -0.25) is 4.79 Å². The van der Waals surface area contributed by atoms with Crippen LogP contribution >= 0.6 is 11.8 Å². The quantitative estimate of drug-likeness (QED) is 0.630. The first-order valence-corrected chi connectivity index (χ1v) is 7.83. The fourth-order valence-electron chi connectivity index (χ4n) is 1.97. The van der Waals surface area contributed by atoms with Gasteiger partial charge in [-0.1, -0.05) is 48.5 Å². The molecule has 0 saturated carbocycles. The average Bonchev–Trinajstić information content (AvgIpc) is 2.54. The van der Waals surface area contributed by atoms with Crippen molar-refractivity contribution in [2.24, 2.45) is 0 Å². The summed E-state index contributed by atoms with van der Waals surface area (Å²) in [6, 6.07) is 19.7. The molecular formula is C17H19NO2S. The van der Waals surface area contributed by atoms with Crippen molar-refractivity contribution in [3.8, 4) is 0 Å². The molecule has 2 aromatic carbocycles. The van der Waals surface area contributed by atoms with Crippen LogP contribution < -0.4 is 5.32 Å². The Morgan fingerprint density at radius 2 is 1.71 bits per heavy atom. The number of benzene rings is 2. The van der Waals surface area contributed by atoms with E-state index < -0.39 is 6.10 Å². The number of methoxy groups -OCH3 is 1. The molecule has 0 saturated heterocycles. The number of ether oxygens (including phenoxy) is 1. The third-order valence-electron chi connectivity index (χ3n) is 2.99. The summed E-state index contributed by atoms with van der Waals surface area (Å²) >= 11 is 1.72. The maximum absolute atomic E-state index is 12.1. The van der Waals surface area contributed by atoms with Crippen LogP contribution in [0.2, 0.25) is 0 Å². The number of carbonyl (C=O) groups is 1. The van der Waals surface area contributed by atoms with Crippen molar-refractivity contribution in [1.82, 2.24) is 5.32 Å². The lowest BCUT2D eigenvalue weighted by Gasteiger charge is -2.15. The Kier molecular flexibility index (Phi) is 6.31. The average molecular weight is 301 g/mol. The molecule has 0 spiro atoms. The van der Waals surface area contributed by atoms with E-state index in [1.807, 2.05) is 48.5 Å². The molecule has 0 radical (unpaired) electrons. The molecule has 4 heteroatoms. The first-order chi connectivity index (χ1) is 10.3. The first kappa shape index (κ1) is 15.6. The highest BCUT2D eigenvalue weighted by Crippen LogP contribution is 2.17. The normalized spacial score (nSPS) is 11.9. The third-order valence-corrected chi connectivity index (χ3v) is 4.00. The van der Waals surface area contributed by atoms with Gasteiger partial charge in [-0.2, -0.15) is 0 Å². The van der Waals surface area contributed by atoms with Crippen molar-refractivity contribution >= 4 is 17.7 Å². The van der Waals surface area contributed by atoms with E-state index in [9.17, 15) is 4.79 Å². The van der Waals surface area contributed by atoms with Crippen LogP contribution in [0.3, 0.4) is 0 Å². The van der Waals surface area contributed by atoms with Crippen LogP contribution in [-0.2, 0) is 9.53 Å². The maximum atomic E-state index is 12.1. The van der Waals surface area contributed by atoms with Gasteiger partial charge in [0.1, 0.15) is 0 Å². The smallest absolute Gasteiger partial charge is 0.253 e. The maximum Gasteiger partial charge on any atom is 0.253 e. The van der Waals surface area contributed by atoms with Crippen LogP contribution in [0.15, 0.2) is 65.6 Å². The molecule has 0 aliphatic carbocycles. The summed E-state index contributed by atoms with van der Waals surface area (Å²) in [7, 11) is 1.55. The Labute approximate surface area is 129 Å². The predicted octanol–water partition coefficient (Wildman–Crippen LogP) is 3.28. The zero-order valence-electron chi connectivity index (χ0n) is 12.0. The largest absolute Gasteiger partial charge is 0.367 e. The van der Waals surface area contributed by atoms with E-state index in [0.717, 1.165) is 11.3 Å². The van der Waals surface area contributed by atoms with Gasteiger partial charge in [0.05, 0.1) is 0 Å². The highest BCUT2D eigenvalue weighted by Gasteiger charge is 2.18. The Bertz CT molecular complexity index is 545. The highest BCUT2D eigenvalue weighted by molar-refractivity contribution is 7.99. The van der Waals surface area contributed by atoms with E-state index in [1.165, 1.54) is 4.90 Å². The third kappa shape index (κ3) is 4.92. The zero-order chi connectivity index (χ0) is 14.9. The van der Waals surface area contributed by atoms with Crippen LogP contribution in [0, 0.1) is 0 Å². The van der Waals surface area contributed by atoms with E-state index in [1.54, 1.807) is 18.9 Å². The molecule has 110 valence electrons. The fraction of sp³-hybridized carbons (Fsp3) is 0.235. The zero-order valence-corrected chi connectivity index (χ0v) is 12.8.